The molecule has 2 heterocycles. The summed E-state index contributed by atoms with van der Waals surface area (Å²) in [4.78, 5) is 34.0. The Balaban J connectivity index is 1.38. The maximum Gasteiger partial charge on any atom is 0.259 e. The highest BCUT2D eigenvalue weighted by Crippen LogP contribution is 2.34. The van der Waals surface area contributed by atoms with E-state index in [2.05, 4.69) is 15.3 Å². The minimum Gasteiger partial charge on any atom is -0.325 e. The third-order valence-electron chi connectivity index (χ3n) is 4.22. The van der Waals surface area contributed by atoms with Gasteiger partial charge in [-0.2, -0.15) is 0 Å². The van der Waals surface area contributed by atoms with Crippen LogP contribution >= 0.6 is 34.7 Å². The summed E-state index contributed by atoms with van der Waals surface area (Å²) in [6.07, 6.45) is 3.14. The van der Waals surface area contributed by atoms with E-state index >= 15 is 0 Å². The van der Waals surface area contributed by atoms with Gasteiger partial charge in [0.25, 0.3) is 5.56 Å². The van der Waals surface area contributed by atoms with Crippen LogP contribution in [0.3, 0.4) is 0 Å². The molecule has 1 aliphatic carbocycles. The number of aromatic amines is 1. The number of thioether (sulfide) groups is 1. The van der Waals surface area contributed by atoms with Crippen LogP contribution in [0.4, 0.5) is 5.69 Å². The molecular weight excluding hydrogens is 390 g/mol. The molecule has 4 rings (SSSR count). The highest BCUT2D eigenvalue weighted by atomic mass is 35.5. The molecule has 3 aromatic rings. The minimum atomic E-state index is -0.101. The summed E-state index contributed by atoms with van der Waals surface area (Å²) in [5.74, 6) is 1.29. The number of hydrogen-bond acceptors (Lipinski definition) is 5. The van der Waals surface area contributed by atoms with Gasteiger partial charge < -0.3 is 10.3 Å². The molecule has 0 spiro atoms. The summed E-state index contributed by atoms with van der Waals surface area (Å²) >= 11 is 8.87. The van der Waals surface area contributed by atoms with Crippen LogP contribution in [0.15, 0.2) is 29.1 Å². The first-order chi connectivity index (χ1) is 12.6. The fourth-order valence-corrected chi connectivity index (χ4v) is 5.18. The molecule has 2 N–H and O–H groups in total. The second kappa shape index (κ2) is 7.42. The van der Waals surface area contributed by atoms with Crippen molar-refractivity contribution in [3.05, 3.63) is 55.9 Å². The Labute approximate surface area is 163 Å². The second-order valence-electron chi connectivity index (χ2n) is 6.10. The van der Waals surface area contributed by atoms with Crippen LogP contribution in [0, 0.1) is 0 Å². The topological polar surface area (TPSA) is 74.8 Å². The number of H-pyrrole nitrogens is 1. The van der Waals surface area contributed by atoms with Crippen LogP contribution in [0.5, 0.6) is 0 Å². The van der Waals surface area contributed by atoms with Crippen LogP contribution in [-0.4, -0.2) is 21.6 Å². The SMILES string of the molecule is O=C(CSCc1nc2sc3c(c2c(=O)[nH]1)CCC3)Nc1ccc(Cl)cc1. The third kappa shape index (κ3) is 3.65. The fraction of sp³-hybridized carbons (Fsp3) is 0.278. The lowest BCUT2D eigenvalue weighted by molar-refractivity contribution is -0.113. The van der Waals surface area contributed by atoms with Crippen molar-refractivity contribution < 1.29 is 4.79 Å². The molecule has 0 bridgehead atoms. The second-order valence-corrected chi connectivity index (χ2v) is 8.60. The highest BCUT2D eigenvalue weighted by molar-refractivity contribution is 7.99. The minimum absolute atomic E-state index is 0.0596. The number of nitrogens with one attached hydrogen (secondary N) is 2. The van der Waals surface area contributed by atoms with Crippen LogP contribution in [-0.2, 0) is 23.4 Å². The number of benzene rings is 1. The van der Waals surface area contributed by atoms with Gasteiger partial charge >= 0.3 is 0 Å². The first kappa shape index (κ1) is 17.6. The van der Waals surface area contributed by atoms with Gasteiger partial charge in [0, 0.05) is 15.6 Å². The van der Waals surface area contributed by atoms with E-state index in [9.17, 15) is 9.59 Å². The quantitative estimate of drug-likeness (QED) is 0.672. The van der Waals surface area contributed by atoms with Gasteiger partial charge in [0.1, 0.15) is 10.7 Å². The van der Waals surface area contributed by atoms with E-state index in [1.807, 2.05) is 0 Å². The molecule has 0 fully saturated rings. The molecule has 1 amide bonds. The Morgan fingerprint density at radius 2 is 2.12 bits per heavy atom. The van der Waals surface area contributed by atoms with E-state index in [1.54, 1.807) is 35.6 Å². The number of hydrogen-bond donors (Lipinski definition) is 2. The van der Waals surface area contributed by atoms with Gasteiger partial charge in [0.05, 0.1) is 16.9 Å². The number of halogens is 1. The lowest BCUT2D eigenvalue weighted by Gasteiger charge is -2.05. The van der Waals surface area contributed by atoms with E-state index in [-0.39, 0.29) is 17.2 Å². The maximum atomic E-state index is 12.4. The molecule has 2 aromatic heterocycles. The van der Waals surface area contributed by atoms with Gasteiger partial charge in [-0.3, -0.25) is 9.59 Å². The molecular formula is C18H16ClN3O2S2. The van der Waals surface area contributed by atoms with Gasteiger partial charge in [-0.1, -0.05) is 11.6 Å². The Morgan fingerprint density at radius 3 is 2.92 bits per heavy atom. The molecule has 0 atom stereocenters. The number of thiophene rings is 1. The van der Waals surface area contributed by atoms with Gasteiger partial charge in [-0.25, -0.2) is 4.98 Å². The first-order valence-electron chi connectivity index (χ1n) is 8.27. The monoisotopic (exact) mass is 405 g/mol. The van der Waals surface area contributed by atoms with Gasteiger partial charge in [-0.15, -0.1) is 23.1 Å². The van der Waals surface area contributed by atoms with Crippen molar-refractivity contribution in [1.82, 2.24) is 9.97 Å². The number of carbonyl (C=O) groups is 1. The molecule has 26 heavy (non-hydrogen) atoms. The van der Waals surface area contributed by atoms with Gasteiger partial charge in [0.2, 0.25) is 5.91 Å². The summed E-state index contributed by atoms with van der Waals surface area (Å²) in [7, 11) is 0. The Morgan fingerprint density at radius 1 is 1.31 bits per heavy atom. The molecule has 0 unspecified atom stereocenters. The maximum absolute atomic E-state index is 12.4. The Kier molecular flexibility index (Phi) is 5.02. The molecule has 1 aliphatic rings. The van der Waals surface area contributed by atoms with Crippen LogP contribution < -0.4 is 10.9 Å². The largest absolute Gasteiger partial charge is 0.325 e. The van der Waals surface area contributed by atoms with E-state index in [0.29, 0.717) is 22.3 Å². The van der Waals surface area contributed by atoms with Crippen molar-refractivity contribution in [1.29, 1.82) is 0 Å². The van der Waals surface area contributed by atoms with Crippen molar-refractivity contribution in [2.24, 2.45) is 0 Å². The highest BCUT2D eigenvalue weighted by Gasteiger charge is 2.21. The predicted octanol–water partition coefficient (Wildman–Crippen LogP) is 4.00. The molecule has 0 aliphatic heterocycles. The van der Waals surface area contributed by atoms with E-state index in [4.69, 9.17) is 11.6 Å². The van der Waals surface area contributed by atoms with Crippen molar-refractivity contribution >= 4 is 56.5 Å². The van der Waals surface area contributed by atoms with Crippen molar-refractivity contribution in [2.75, 3.05) is 11.1 Å². The molecule has 134 valence electrons. The molecule has 0 saturated carbocycles. The molecule has 0 radical (unpaired) electrons. The molecule has 8 heteroatoms. The van der Waals surface area contributed by atoms with Crippen molar-refractivity contribution in [2.45, 2.75) is 25.0 Å². The number of fused-ring (bicyclic) bond motifs is 3. The number of anilines is 1. The number of carbonyl (C=O) groups excluding carboxylic acids is 1. The van der Waals surface area contributed by atoms with Crippen LogP contribution in [0.25, 0.3) is 10.2 Å². The summed E-state index contributed by atoms with van der Waals surface area (Å²) in [5.41, 5.74) is 1.83. The van der Waals surface area contributed by atoms with Gasteiger partial charge in [-0.05, 0) is 49.1 Å². The Bertz CT molecular complexity index is 1030. The van der Waals surface area contributed by atoms with Crippen molar-refractivity contribution in [3.63, 3.8) is 0 Å². The lowest BCUT2D eigenvalue weighted by Crippen LogP contribution is -2.15. The normalized spacial score (nSPS) is 13.1. The van der Waals surface area contributed by atoms with Crippen molar-refractivity contribution in [3.8, 4) is 0 Å². The number of amides is 1. The predicted molar refractivity (Wildman–Crippen MR) is 109 cm³/mol. The smallest absolute Gasteiger partial charge is 0.259 e. The summed E-state index contributed by atoms with van der Waals surface area (Å²) < 4.78 is 0. The summed E-state index contributed by atoms with van der Waals surface area (Å²) in [5, 5.41) is 4.20. The number of aryl methyl sites for hydroxylation is 2. The first-order valence-corrected chi connectivity index (χ1v) is 10.6. The number of aromatic nitrogens is 2. The number of rotatable bonds is 5. The van der Waals surface area contributed by atoms with E-state index < -0.39 is 0 Å². The molecule has 5 nitrogen and oxygen atoms in total. The van der Waals surface area contributed by atoms with Crippen LogP contribution in [0.1, 0.15) is 22.7 Å². The molecule has 0 saturated heterocycles. The third-order valence-corrected chi connectivity index (χ3v) is 6.61. The van der Waals surface area contributed by atoms with E-state index in [1.165, 1.54) is 22.2 Å². The summed E-state index contributed by atoms with van der Waals surface area (Å²) in [6, 6.07) is 6.97. The zero-order valence-electron chi connectivity index (χ0n) is 13.8. The molecule has 1 aromatic carbocycles. The van der Waals surface area contributed by atoms with Gasteiger partial charge in [0.15, 0.2) is 0 Å². The Hall–Kier alpha value is -1.83. The average molecular weight is 406 g/mol. The van der Waals surface area contributed by atoms with E-state index in [0.717, 1.165) is 29.5 Å². The summed E-state index contributed by atoms with van der Waals surface area (Å²) in [6.45, 7) is 0. The zero-order chi connectivity index (χ0) is 18.1. The van der Waals surface area contributed by atoms with Crippen LogP contribution in [0.2, 0.25) is 5.02 Å². The zero-order valence-corrected chi connectivity index (χ0v) is 16.2. The standard InChI is InChI=1S/C18H16ClN3O2S2/c19-10-4-6-11(7-5-10)20-15(23)9-25-8-14-21-17(24)16-12-2-1-3-13(12)26-18(16)22-14/h4-7H,1-3,8-9H2,(H,20,23)(H,21,22,24). The average Bonchev–Trinajstić information content (AvgIpc) is 3.17. The lowest BCUT2D eigenvalue weighted by atomic mass is 10.2. The number of nitrogens with zero attached hydrogens (tertiary/aromatic N) is 1. The fourth-order valence-electron chi connectivity index (χ4n) is 3.09.